The van der Waals surface area contributed by atoms with E-state index in [1.165, 1.54) is 32.4 Å². The second kappa shape index (κ2) is 8.58. The van der Waals surface area contributed by atoms with Gasteiger partial charge in [0.2, 0.25) is 6.41 Å². The number of hydrogen-bond donors (Lipinski definition) is 2. The van der Waals surface area contributed by atoms with E-state index >= 15 is 0 Å². The average Bonchev–Trinajstić information content (AvgIpc) is 2.89. The van der Waals surface area contributed by atoms with Crippen LogP contribution >= 0.6 is 0 Å². The number of unbranched alkanes of at least 4 members (excludes halogenated alkanes) is 1. The monoisotopic (exact) mass is 306 g/mol. The topological polar surface area (TPSA) is 66.4 Å². The largest absolute Gasteiger partial charge is 0.351 e. The smallest absolute Gasteiger partial charge is 0.267 e. The lowest BCUT2D eigenvalue weighted by Gasteiger charge is -2.26. The standard InChI is InChI=1S/C16H26N4O2/c1-19-12-14(18-13-21)11-15(19)16(22)17-7-3-6-10-20-8-4-2-5-9-20/h11-13H,2-10H2,1H3,(H,17,22)(H,18,21). The van der Waals surface area contributed by atoms with Crippen LogP contribution in [0.2, 0.25) is 0 Å². The highest BCUT2D eigenvalue weighted by Crippen LogP contribution is 2.12. The minimum absolute atomic E-state index is 0.0978. The SMILES string of the molecule is Cn1cc(NC=O)cc1C(=O)NCCCCN1CCCCC1. The molecule has 0 radical (unpaired) electrons. The zero-order valence-corrected chi connectivity index (χ0v) is 13.3. The van der Waals surface area contributed by atoms with Crippen molar-refractivity contribution in [2.24, 2.45) is 7.05 Å². The van der Waals surface area contributed by atoms with E-state index in [0.29, 0.717) is 24.3 Å². The van der Waals surface area contributed by atoms with Gasteiger partial charge >= 0.3 is 0 Å². The summed E-state index contributed by atoms with van der Waals surface area (Å²) in [7, 11) is 1.79. The molecule has 1 fully saturated rings. The number of rotatable bonds is 8. The number of anilines is 1. The molecule has 0 aliphatic carbocycles. The van der Waals surface area contributed by atoms with Crippen LogP contribution in [0.1, 0.15) is 42.6 Å². The van der Waals surface area contributed by atoms with Gasteiger partial charge in [0, 0.05) is 19.8 Å². The molecule has 0 unspecified atom stereocenters. The van der Waals surface area contributed by atoms with Gasteiger partial charge in [0.05, 0.1) is 5.69 Å². The summed E-state index contributed by atoms with van der Waals surface area (Å²) >= 11 is 0. The Morgan fingerprint density at radius 2 is 2.05 bits per heavy atom. The molecule has 2 N–H and O–H groups in total. The Labute approximate surface area is 131 Å². The van der Waals surface area contributed by atoms with E-state index < -0.39 is 0 Å². The number of nitrogens with zero attached hydrogens (tertiary/aromatic N) is 2. The van der Waals surface area contributed by atoms with Gasteiger partial charge < -0.3 is 20.1 Å². The van der Waals surface area contributed by atoms with Crippen molar-refractivity contribution in [2.75, 3.05) is 31.5 Å². The quantitative estimate of drug-likeness (QED) is 0.566. The third kappa shape index (κ3) is 4.87. The van der Waals surface area contributed by atoms with Gasteiger partial charge in [0.15, 0.2) is 0 Å². The maximum absolute atomic E-state index is 12.1. The Morgan fingerprint density at radius 1 is 1.27 bits per heavy atom. The molecule has 2 amide bonds. The van der Waals surface area contributed by atoms with E-state index in [1.807, 2.05) is 0 Å². The molecule has 1 aromatic heterocycles. The third-order valence-electron chi connectivity index (χ3n) is 4.10. The number of carbonyl (C=O) groups is 2. The second-order valence-electron chi connectivity index (χ2n) is 5.85. The predicted molar refractivity (Wildman–Crippen MR) is 87.0 cm³/mol. The summed E-state index contributed by atoms with van der Waals surface area (Å²) in [5, 5.41) is 5.49. The molecule has 0 aromatic carbocycles. The molecule has 2 rings (SSSR count). The van der Waals surface area contributed by atoms with E-state index in [-0.39, 0.29) is 5.91 Å². The molecule has 2 heterocycles. The lowest BCUT2D eigenvalue weighted by Crippen LogP contribution is -2.31. The van der Waals surface area contributed by atoms with Gasteiger partial charge in [-0.2, -0.15) is 0 Å². The fourth-order valence-electron chi connectivity index (χ4n) is 2.87. The maximum atomic E-state index is 12.1. The van der Waals surface area contributed by atoms with E-state index in [9.17, 15) is 9.59 Å². The minimum Gasteiger partial charge on any atom is -0.351 e. The second-order valence-corrected chi connectivity index (χ2v) is 5.85. The van der Waals surface area contributed by atoms with Gasteiger partial charge in [-0.1, -0.05) is 6.42 Å². The number of hydrogen-bond acceptors (Lipinski definition) is 3. The Morgan fingerprint density at radius 3 is 2.77 bits per heavy atom. The molecule has 0 spiro atoms. The highest BCUT2D eigenvalue weighted by atomic mass is 16.2. The van der Waals surface area contributed by atoms with E-state index in [0.717, 1.165) is 19.4 Å². The van der Waals surface area contributed by atoms with Crippen molar-refractivity contribution in [1.29, 1.82) is 0 Å². The van der Waals surface area contributed by atoms with Crippen LogP contribution in [0, 0.1) is 0 Å². The first-order chi connectivity index (χ1) is 10.7. The van der Waals surface area contributed by atoms with E-state index in [2.05, 4.69) is 15.5 Å². The number of carbonyl (C=O) groups excluding carboxylic acids is 2. The summed E-state index contributed by atoms with van der Waals surface area (Å²) in [6, 6.07) is 1.68. The van der Waals surface area contributed by atoms with Crippen LogP contribution < -0.4 is 10.6 Å². The number of piperidine rings is 1. The Bertz CT molecular complexity index is 492. The van der Waals surface area contributed by atoms with Crippen molar-refractivity contribution >= 4 is 18.0 Å². The first-order valence-electron chi connectivity index (χ1n) is 8.08. The fraction of sp³-hybridized carbons (Fsp3) is 0.625. The van der Waals surface area contributed by atoms with Gasteiger partial charge in [0.25, 0.3) is 5.91 Å². The molecule has 6 heteroatoms. The van der Waals surface area contributed by atoms with Crippen LogP contribution in [0.4, 0.5) is 5.69 Å². The minimum atomic E-state index is -0.0978. The first kappa shape index (κ1) is 16.5. The highest BCUT2D eigenvalue weighted by molar-refractivity contribution is 5.94. The lowest BCUT2D eigenvalue weighted by atomic mass is 10.1. The summed E-state index contributed by atoms with van der Waals surface area (Å²) < 4.78 is 1.72. The Balaban J connectivity index is 1.65. The molecule has 122 valence electrons. The molecule has 1 saturated heterocycles. The van der Waals surface area contributed by atoms with Crippen molar-refractivity contribution in [3.63, 3.8) is 0 Å². The molecular formula is C16H26N4O2. The molecule has 1 aromatic rings. The van der Waals surface area contributed by atoms with Gasteiger partial charge in [0.1, 0.15) is 5.69 Å². The van der Waals surface area contributed by atoms with E-state index in [1.54, 1.807) is 23.9 Å². The van der Waals surface area contributed by atoms with Gasteiger partial charge in [-0.05, 0) is 51.4 Å². The summed E-state index contributed by atoms with van der Waals surface area (Å²) in [6.45, 7) is 4.27. The molecule has 22 heavy (non-hydrogen) atoms. The van der Waals surface area contributed by atoms with Gasteiger partial charge in [-0.25, -0.2) is 0 Å². The van der Waals surface area contributed by atoms with Crippen molar-refractivity contribution < 1.29 is 9.59 Å². The molecule has 6 nitrogen and oxygen atoms in total. The van der Waals surface area contributed by atoms with Crippen LogP contribution in [0.25, 0.3) is 0 Å². The van der Waals surface area contributed by atoms with Crippen molar-refractivity contribution in [1.82, 2.24) is 14.8 Å². The molecule has 0 saturated carbocycles. The zero-order valence-electron chi connectivity index (χ0n) is 13.3. The summed E-state index contributed by atoms with van der Waals surface area (Å²) in [6.07, 6.45) is 8.45. The summed E-state index contributed by atoms with van der Waals surface area (Å²) in [5.41, 5.74) is 1.19. The van der Waals surface area contributed by atoms with Crippen LogP contribution in [0.15, 0.2) is 12.3 Å². The van der Waals surface area contributed by atoms with Crippen LogP contribution in [-0.4, -0.2) is 48.0 Å². The number of aryl methyl sites for hydroxylation is 1. The van der Waals surface area contributed by atoms with Crippen LogP contribution in [-0.2, 0) is 11.8 Å². The fourth-order valence-corrected chi connectivity index (χ4v) is 2.87. The van der Waals surface area contributed by atoms with Crippen LogP contribution in [0.3, 0.4) is 0 Å². The summed E-state index contributed by atoms with van der Waals surface area (Å²) in [5.74, 6) is -0.0978. The number of nitrogens with one attached hydrogen (secondary N) is 2. The number of aromatic nitrogens is 1. The van der Waals surface area contributed by atoms with Gasteiger partial charge in [-0.3, -0.25) is 9.59 Å². The van der Waals surface area contributed by atoms with Crippen molar-refractivity contribution in [2.45, 2.75) is 32.1 Å². The Hall–Kier alpha value is -1.82. The Kier molecular flexibility index (Phi) is 6.45. The third-order valence-corrected chi connectivity index (χ3v) is 4.10. The molecule has 0 bridgehead atoms. The highest BCUT2D eigenvalue weighted by Gasteiger charge is 2.12. The zero-order chi connectivity index (χ0) is 15.8. The normalized spacial score (nSPS) is 15.5. The predicted octanol–water partition coefficient (Wildman–Crippen LogP) is 1.59. The van der Waals surface area contributed by atoms with Gasteiger partial charge in [-0.15, -0.1) is 0 Å². The number of likely N-dealkylation sites (tertiary alicyclic amines) is 1. The molecular weight excluding hydrogens is 280 g/mol. The molecule has 0 atom stereocenters. The lowest BCUT2D eigenvalue weighted by molar-refractivity contribution is -0.105. The summed E-state index contributed by atoms with van der Waals surface area (Å²) in [4.78, 5) is 25.0. The number of amides is 2. The average molecular weight is 306 g/mol. The van der Waals surface area contributed by atoms with Crippen molar-refractivity contribution in [3.8, 4) is 0 Å². The molecule has 1 aliphatic heterocycles. The first-order valence-corrected chi connectivity index (χ1v) is 8.08. The van der Waals surface area contributed by atoms with E-state index in [4.69, 9.17) is 0 Å². The maximum Gasteiger partial charge on any atom is 0.267 e. The van der Waals surface area contributed by atoms with Crippen LogP contribution in [0.5, 0.6) is 0 Å². The van der Waals surface area contributed by atoms with Crippen molar-refractivity contribution in [3.05, 3.63) is 18.0 Å². The molecule has 1 aliphatic rings.